The van der Waals surface area contributed by atoms with Gasteiger partial charge in [0.2, 0.25) is 0 Å². The van der Waals surface area contributed by atoms with E-state index in [1.54, 1.807) is 0 Å². The number of nitrogens with zero attached hydrogens (tertiary/aromatic N) is 1. The molecular weight excluding hydrogens is 210 g/mol. The molecule has 94 valence electrons. The first-order valence-electron chi connectivity index (χ1n) is 6.50. The maximum Gasteiger partial charge on any atom is 0.0393 e. The normalized spacial score (nSPS) is 18.2. The van der Waals surface area contributed by atoms with Crippen molar-refractivity contribution < 1.29 is 0 Å². The molecule has 0 radical (unpaired) electrons. The van der Waals surface area contributed by atoms with E-state index in [1.807, 2.05) is 12.1 Å². The standard InChI is InChI=1S/C14H23N3/c1-11-5-6-13(15)9-14(11)16-12(2)10-17-7-3-4-8-17/h5-6,9,12,16H,3-4,7-8,10,15H2,1-2H3. The predicted octanol–water partition coefficient (Wildman–Crippen LogP) is 2.47. The van der Waals surface area contributed by atoms with E-state index in [4.69, 9.17) is 5.73 Å². The second-order valence-electron chi connectivity index (χ2n) is 5.13. The second kappa shape index (κ2) is 5.41. The van der Waals surface area contributed by atoms with Gasteiger partial charge in [-0.3, -0.25) is 0 Å². The van der Waals surface area contributed by atoms with Crippen molar-refractivity contribution in [3.05, 3.63) is 23.8 Å². The van der Waals surface area contributed by atoms with Crippen LogP contribution in [0.25, 0.3) is 0 Å². The van der Waals surface area contributed by atoms with E-state index in [0.717, 1.165) is 17.9 Å². The molecule has 1 aromatic rings. The van der Waals surface area contributed by atoms with Crippen LogP contribution in [0.15, 0.2) is 18.2 Å². The number of nitrogens with two attached hydrogens (primary N) is 1. The summed E-state index contributed by atoms with van der Waals surface area (Å²) in [5, 5.41) is 3.56. The van der Waals surface area contributed by atoms with Gasteiger partial charge in [-0.2, -0.15) is 0 Å². The molecule has 17 heavy (non-hydrogen) atoms. The van der Waals surface area contributed by atoms with Crippen molar-refractivity contribution in [1.82, 2.24) is 4.90 Å². The first-order valence-corrected chi connectivity index (χ1v) is 6.50. The van der Waals surface area contributed by atoms with Crippen molar-refractivity contribution in [2.24, 2.45) is 0 Å². The van der Waals surface area contributed by atoms with Gasteiger partial charge in [0.05, 0.1) is 0 Å². The van der Waals surface area contributed by atoms with Gasteiger partial charge in [0, 0.05) is 24.0 Å². The quantitative estimate of drug-likeness (QED) is 0.785. The van der Waals surface area contributed by atoms with Crippen LogP contribution < -0.4 is 11.1 Å². The first kappa shape index (κ1) is 12.2. The molecule has 1 aliphatic rings. The molecule has 0 spiro atoms. The molecule has 0 bridgehead atoms. The van der Waals surface area contributed by atoms with Crippen molar-refractivity contribution in [2.45, 2.75) is 32.7 Å². The minimum absolute atomic E-state index is 0.466. The summed E-state index contributed by atoms with van der Waals surface area (Å²) in [6, 6.07) is 6.51. The van der Waals surface area contributed by atoms with Crippen LogP contribution in [0, 0.1) is 6.92 Å². The van der Waals surface area contributed by atoms with Crippen LogP contribution in [0.2, 0.25) is 0 Å². The number of rotatable bonds is 4. The molecule has 1 unspecified atom stereocenters. The molecule has 1 heterocycles. The molecule has 3 heteroatoms. The van der Waals surface area contributed by atoms with Crippen LogP contribution in [-0.2, 0) is 0 Å². The van der Waals surface area contributed by atoms with E-state index >= 15 is 0 Å². The fourth-order valence-electron chi connectivity index (χ4n) is 2.46. The highest BCUT2D eigenvalue weighted by atomic mass is 15.2. The highest BCUT2D eigenvalue weighted by Crippen LogP contribution is 2.19. The summed E-state index contributed by atoms with van der Waals surface area (Å²) >= 11 is 0. The van der Waals surface area contributed by atoms with Crippen molar-refractivity contribution in [1.29, 1.82) is 0 Å². The van der Waals surface area contributed by atoms with E-state index in [9.17, 15) is 0 Å². The Hall–Kier alpha value is -1.22. The Kier molecular flexibility index (Phi) is 3.89. The van der Waals surface area contributed by atoms with E-state index in [-0.39, 0.29) is 0 Å². The number of hydrogen-bond acceptors (Lipinski definition) is 3. The molecule has 3 N–H and O–H groups in total. The van der Waals surface area contributed by atoms with Crippen molar-refractivity contribution >= 4 is 11.4 Å². The Morgan fingerprint density at radius 2 is 2.06 bits per heavy atom. The molecular formula is C14H23N3. The van der Waals surface area contributed by atoms with Crippen LogP contribution in [0.3, 0.4) is 0 Å². The summed E-state index contributed by atoms with van der Waals surface area (Å²) in [5.74, 6) is 0. The number of aryl methyl sites for hydroxylation is 1. The average molecular weight is 233 g/mol. The molecule has 1 atom stereocenters. The monoisotopic (exact) mass is 233 g/mol. The van der Waals surface area contributed by atoms with Gasteiger partial charge in [-0.25, -0.2) is 0 Å². The number of benzene rings is 1. The van der Waals surface area contributed by atoms with Crippen LogP contribution in [0.5, 0.6) is 0 Å². The van der Waals surface area contributed by atoms with Crippen LogP contribution in [-0.4, -0.2) is 30.6 Å². The summed E-state index contributed by atoms with van der Waals surface area (Å²) in [6.07, 6.45) is 2.70. The highest BCUT2D eigenvalue weighted by molar-refractivity contribution is 5.59. The number of likely N-dealkylation sites (tertiary alicyclic amines) is 1. The third-order valence-electron chi connectivity index (χ3n) is 3.39. The zero-order valence-electron chi connectivity index (χ0n) is 10.9. The van der Waals surface area contributed by atoms with Gasteiger partial charge in [-0.05, 0) is 57.5 Å². The number of nitrogen functional groups attached to an aromatic ring is 1. The smallest absolute Gasteiger partial charge is 0.0393 e. The molecule has 1 aromatic carbocycles. The molecule has 0 amide bonds. The topological polar surface area (TPSA) is 41.3 Å². The van der Waals surface area contributed by atoms with Crippen LogP contribution in [0.1, 0.15) is 25.3 Å². The Bertz CT molecular complexity index is 370. The number of hydrogen-bond donors (Lipinski definition) is 2. The maximum atomic E-state index is 5.82. The Balaban J connectivity index is 1.92. The van der Waals surface area contributed by atoms with E-state index in [0.29, 0.717) is 6.04 Å². The third-order valence-corrected chi connectivity index (χ3v) is 3.39. The molecule has 1 saturated heterocycles. The summed E-state index contributed by atoms with van der Waals surface area (Å²) in [5.41, 5.74) is 9.06. The maximum absolute atomic E-state index is 5.82. The molecule has 1 aliphatic heterocycles. The number of anilines is 2. The molecule has 3 nitrogen and oxygen atoms in total. The Morgan fingerprint density at radius 1 is 1.35 bits per heavy atom. The summed E-state index contributed by atoms with van der Waals surface area (Å²) < 4.78 is 0. The van der Waals surface area contributed by atoms with Crippen molar-refractivity contribution in [2.75, 3.05) is 30.7 Å². The summed E-state index contributed by atoms with van der Waals surface area (Å²) in [6.45, 7) is 7.98. The lowest BCUT2D eigenvalue weighted by Gasteiger charge is -2.23. The van der Waals surface area contributed by atoms with E-state index in [1.165, 1.54) is 31.5 Å². The molecule has 0 saturated carbocycles. The summed E-state index contributed by atoms with van der Waals surface area (Å²) in [4.78, 5) is 2.53. The first-order chi connectivity index (χ1) is 8.15. The Labute approximate surface area is 104 Å². The SMILES string of the molecule is Cc1ccc(N)cc1NC(C)CN1CCCC1. The van der Waals surface area contributed by atoms with Gasteiger partial charge >= 0.3 is 0 Å². The molecule has 0 aromatic heterocycles. The fourth-order valence-corrected chi connectivity index (χ4v) is 2.46. The van der Waals surface area contributed by atoms with Gasteiger partial charge in [0.25, 0.3) is 0 Å². The van der Waals surface area contributed by atoms with Gasteiger partial charge in [0.1, 0.15) is 0 Å². The van der Waals surface area contributed by atoms with Crippen molar-refractivity contribution in [3.8, 4) is 0 Å². The molecule has 1 fully saturated rings. The minimum atomic E-state index is 0.466. The lowest BCUT2D eigenvalue weighted by molar-refractivity contribution is 0.328. The Morgan fingerprint density at radius 3 is 2.76 bits per heavy atom. The zero-order chi connectivity index (χ0) is 12.3. The highest BCUT2D eigenvalue weighted by Gasteiger charge is 2.14. The largest absolute Gasteiger partial charge is 0.399 e. The molecule has 0 aliphatic carbocycles. The minimum Gasteiger partial charge on any atom is -0.399 e. The summed E-state index contributed by atoms with van der Waals surface area (Å²) in [7, 11) is 0. The van der Waals surface area contributed by atoms with Gasteiger partial charge in [-0.15, -0.1) is 0 Å². The fraction of sp³-hybridized carbons (Fsp3) is 0.571. The van der Waals surface area contributed by atoms with Crippen LogP contribution >= 0.6 is 0 Å². The lowest BCUT2D eigenvalue weighted by Crippen LogP contribution is -2.33. The third kappa shape index (κ3) is 3.37. The zero-order valence-corrected chi connectivity index (χ0v) is 10.9. The average Bonchev–Trinajstić information content (AvgIpc) is 2.76. The number of nitrogens with one attached hydrogen (secondary N) is 1. The van der Waals surface area contributed by atoms with Gasteiger partial charge in [-0.1, -0.05) is 6.07 Å². The van der Waals surface area contributed by atoms with Crippen LogP contribution in [0.4, 0.5) is 11.4 Å². The lowest BCUT2D eigenvalue weighted by atomic mass is 10.1. The molecule has 2 rings (SSSR count). The second-order valence-corrected chi connectivity index (χ2v) is 5.13. The van der Waals surface area contributed by atoms with E-state index in [2.05, 4.69) is 30.1 Å². The predicted molar refractivity (Wildman–Crippen MR) is 74.4 cm³/mol. The van der Waals surface area contributed by atoms with Gasteiger partial charge in [0.15, 0.2) is 0 Å². The van der Waals surface area contributed by atoms with E-state index < -0.39 is 0 Å². The van der Waals surface area contributed by atoms with Crippen molar-refractivity contribution in [3.63, 3.8) is 0 Å². The van der Waals surface area contributed by atoms with Gasteiger partial charge < -0.3 is 16.0 Å².